The average molecular weight is 344 g/mol. The van der Waals surface area contributed by atoms with Crippen LogP contribution in [0.25, 0.3) is 0 Å². The van der Waals surface area contributed by atoms with E-state index in [1.807, 2.05) is 0 Å². The predicted molar refractivity (Wildman–Crippen MR) is 91.2 cm³/mol. The van der Waals surface area contributed by atoms with E-state index >= 15 is 0 Å². The van der Waals surface area contributed by atoms with Crippen molar-refractivity contribution >= 4 is 29.2 Å². The number of thioether (sulfide) groups is 1. The number of allylic oxidation sites excluding steroid dienone is 1. The molecule has 3 atom stereocenters. The lowest BCUT2D eigenvalue weighted by molar-refractivity contribution is -0.482. The minimum atomic E-state index is -0.427. The van der Waals surface area contributed by atoms with E-state index in [0.717, 1.165) is 24.8 Å². The fraction of sp³-hybridized carbons (Fsp3) is 0.412. The molecule has 0 spiro atoms. The zero-order chi connectivity index (χ0) is 16.8. The van der Waals surface area contributed by atoms with E-state index in [9.17, 15) is 14.9 Å². The Hall–Kier alpha value is -2.15. The molecular weight excluding hydrogens is 326 g/mol. The van der Waals surface area contributed by atoms with Gasteiger partial charge in [0.05, 0.1) is 10.5 Å². The predicted octanol–water partition coefficient (Wildman–Crippen LogP) is 1.31. The molecule has 3 aliphatic rings. The molecule has 4 rings (SSSR count). The molecule has 0 saturated carbocycles. The fourth-order valence-electron chi connectivity index (χ4n) is 3.64. The van der Waals surface area contributed by atoms with Crippen molar-refractivity contribution in [2.75, 3.05) is 0 Å². The second kappa shape index (κ2) is 5.73. The number of fused-ring (bicyclic) bond motifs is 2. The smallest absolute Gasteiger partial charge is 0.260 e. The van der Waals surface area contributed by atoms with Gasteiger partial charge in [-0.3, -0.25) is 15.1 Å². The number of rotatable bonds is 2. The Morgan fingerprint density at radius 3 is 2.79 bits per heavy atom. The molecule has 1 aromatic rings. The van der Waals surface area contributed by atoms with Gasteiger partial charge in [-0.2, -0.15) is 0 Å². The monoisotopic (exact) mass is 344 g/mol. The van der Waals surface area contributed by atoms with Crippen molar-refractivity contribution in [2.24, 2.45) is 11.8 Å². The third kappa shape index (κ3) is 2.53. The molecular formula is C17H18N3O3S+. The highest BCUT2D eigenvalue weighted by atomic mass is 32.2. The largest absolute Gasteiger partial charge is 0.319 e. The lowest BCUT2D eigenvalue weighted by atomic mass is 9.84. The van der Waals surface area contributed by atoms with E-state index in [1.165, 1.54) is 22.6 Å². The quantitative estimate of drug-likeness (QED) is 0.626. The second-order valence-electron chi connectivity index (χ2n) is 6.63. The third-order valence-corrected chi connectivity index (χ3v) is 6.29. The maximum atomic E-state index is 12.6. The lowest BCUT2D eigenvalue weighted by Gasteiger charge is -2.22. The van der Waals surface area contributed by atoms with Gasteiger partial charge in [0.25, 0.3) is 11.5 Å². The highest BCUT2D eigenvalue weighted by molar-refractivity contribution is 8.03. The zero-order valence-electron chi connectivity index (χ0n) is 13.2. The van der Waals surface area contributed by atoms with Crippen molar-refractivity contribution < 1.29 is 14.7 Å². The summed E-state index contributed by atoms with van der Waals surface area (Å²) in [5, 5.41) is 13.7. The first-order valence-electron chi connectivity index (χ1n) is 8.10. The number of nitro groups is 1. The van der Waals surface area contributed by atoms with Crippen molar-refractivity contribution in [2.45, 2.75) is 31.6 Å². The maximum absolute atomic E-state index is 12.6. The molecule has 0 fully saturated rings. The summed E-state index contributed by atoms with van der Waals surface area (Å²) >= 11 is 1.77. The number of nitrogens with one attached hydrogen (secondary N) is 2. The number of amidine groups is 1. The molecule has 1 aromatic carbocycles. The molecule has 0 saturated heterocycles. The van der Waals surface area contributed by atoms with E-state index in [1.54, 1.807) is 23.9 Å². The van der Waals surface area contributed by atoms with Crippen LogP contribution in [0.5, 0.6) is 0 Å². The number of nitro benzene ring substituents is 1. The molecule has 2 heterocycles. The van der Waals surface area contributed by atoms with Crippen LogP contribution in [-0.2, 0) is 4.79 Å². The van der Waals surface area contributed by atoms with Crippen LogP contribution in [0.2, 0.25) is 0 Å². The number of carbonyl (C=O) groups is 1. The average Bonchev–Trinajstić information content (AvgIpc) is 2.92. The number of benzene rings is 1. The molecule has 1 aliphatic carbocycles. The van der Waals surface area contributed by atoms with Crippen molar-refractivity contribution in [3.05, 3.63) is 50.4 Å². The van der Waals surface area contributed by atoms with Gasteiger partial charge in [-0.1, -0.05) is 18.7 Å². The van der Waals surface area contributed by atoms with E-state index in [2.05, 4.69) is 17.2 Å². The Kier molecular flexibility index (Phi) is 3.68. The van der Waals surface area contributed by atoms with E-state index in [4.69, 9.17) is 0 Å². The minimum Gasteiger partial charge on any atom is -0.260 e. The SMILES string of the molecule is C[C@H]1CCC2=C(C1)S[C@@H]1[NH+]=C(c3ccc([N+](=O)[O-])cc3)NC(=O)[C@H]21. The van der Waals surface area contributed by atoms with Crippen LogP contribution >= 0.6 is 11.8 Å². The van der Waals surface area contributed by atoms with Gasteiger partial charge in [0.1, 0.15) is 5.92 Å². The Labute approximate surface area is 143 Å². The van der Waals surface area contributed by atoms with Gasteiger partial charge in [0, 0.05) is 12.1 Å². The van der Waals surface area contributed by atoms with Gasteiger partial charge in [-0.25, -0.2) is 10.1 Å². The summed E-state index contributed by atoms with van der Waals surface area (Å²) in [6, 6.07) is 6.23. The van der Waals surface area contributed by atoms with Gasteiger partial charge in [0.15, 0.2) is 5.37 Å². The molecule has 7 heteroatoms. The van der Waals surface area contributed by atoms with E-state index in [-0.39, 0.29) is 22.9 Å². The van der Waals surface area contributed by atoms with Crippen LogP contribution in [-0.4, -0.2) is 22.0 Å². The van der Waals surface area contributed by atoms with Crippen LogP contribution in [0.3, 0.4) is 0 Å². The Morgan fingerprint density at radius 2 is 2.08 bits per heavy atom. The summed E-state index contributed by atoms with van der Waals surface area (Å²) < 4.78 is 0. The van der Waals surface area contributed by atoms with Crippen LogP contribution in [0.15, 0.2) is 34.7 Å². The number of amides is 1. The molecule has 2 aliphatic heterocycles. The van der Waals surface area contributed by atoms with Crippen LogP contribution in [0, 0.1) is 22.0 Å². The van der Waals surface area contributed by atoms with Gasteiger partial charge in [-0.05, 0) is 47.8 Å². The Balaban J connectivity index is 1.62. The summed E-state index contributed by atoms with van der Waals surface area (Å²) in [5.74, 6) is 1.24. The van der Waals surface area contributed by atoms with Gasteiger partial charge >= 0.3 is 5.91 Å². The normalized spacial score (nSPS) is 28.8. The maximum Gasteiger partial charge on any atom is 0.319 e. The molecule has 0 unspecified atom stereocenters. The minimum absolute atomic E-state index is 0.0270. The summed E-state index contributed by atoms with van der Waals surface area (Å²) in [4.78, 5) is 27.8. The number of hydrogen-bond acceptors (Lipinski definition) is 4. The third-order valence-electron chi connectivity index (χ3n) is 4.93. The van der Waals surface area contributed by atoms with Crippen LogP contribution in [0.4, 0.5) is 5.69 Å². The van der Waals surface area contributed by atoms with Crippen LogP contribution in [0.1, 0.15) is 31.7 Å². The second-order valence-corrected chi connectivity index (χ2v) is 7.86. The molecule has 124 valence electrons. The van der Waals surface area contributed by atoms with E-state index < -0.39 is 4.92 Å². The van der Waals surface area contributed by atoms with Crippen LogP contribution < -0.4 is 10.3 Å². The van der Waals surface area contributed by atoms with Gasteiger partial charge < -0.3 is 0 Å². The Morgan fingerprint density at radius 1 is 1.33 bits per heavy atom. The van der Waals surface area contributed by atoms with Crippen molar-refractivity contribution in [1.82, 2.24) is 5.32 Å². The first-order valence-corrected chi connectivity index (χ1v) is 8.98. The fourth-order valence-corrected chi connectivity index (χ4v) is 5.31. The highest BCUT2D eigenvalue weighted by Gasteiger charge is 2.48. The lowest BCUT2D eigenvalue weighted by Crippen LogP contribution is -2.86. The molecule has 0 aromatic heterocycles. The van der Waals surface area contributed by atoms with Crippen molar-refractivity contribution in [1.29, 1.82) is 0 Å². The van der Waals surface area contributed by atoms with E-state index in [0.29, 0.717) is 11.8 Å². The Bertz CT molecular complexity index is 785. The van der Waals surface area contributed by atoms with Crippen molar-refractivity contribution in [3.8, 4) is 0 Å². The summed E-state index contributed by atoms with van der Waals surface area (Å²) in [6.45, 7) is 2.26. The highest BCUT2D eigenvalue weighted by Crippen LogP contribution is 2.48. The molecule has 0 bridgehead atoms. The standard InChI is InChI=1S/C17H17N3O3S/c1-9-2-7-12-13(8-9)24-17-14(12)16(21)18-15(19-17)10-3-5-11(6-4-10)20(22)23/h3-6,9,14,17H,2,7-8H2,1H3,(H,18,19,21)/p+1/t9-,14-,17-/m0/s1. The topological polar surface area (TPSA) is 86.2 Å². The first kappa shape index (κ1) is 15.4. The molecule has 24 heavy (non-hydrogen) atoms. The van der Waals surface area contributed by atoms with Crippen molar-refractivity contribution in [3.63, 3.8) is 0 Å². The first-order chi connectivity index (χ1) is 11.5. The molecule has 2 N–H and O–H groups in total. The molecule has 6 nitrogen and oxygen atoms in total. The number of hydrogen-bond donors (Lipinski definition) is 2. The zero-order valence-corrected chi connectivity index (χ0v) is 14.1. The molecule has 0 radical (unpaired) electrons. The number of carbonyl (C=O) groups excluding carboxylic acids is 1. The number of non-ortho nitro benzene ring substituents is 1. The number of nitrogens with zero attached hydrogens (tertiary/aromatic N) is 1. The van der Waals surface area contributed by atoms with Gasteiger partial charge in [0.2, 0.25) is 0 Å². The summed E-state index contributed by atoms with van der Waals surface area (Å²) in [7, 11) is 0. The van der Waals surface area contributed by atoms with Gasteiger partial charge in [-0.15, -0.1) is 0 Å². The summed E-state index contributed by atoms with van der Waals surface area (Å²) in [6.07, 6.45) is 3.22. The summed E-state index contributed by atoms with van der Waals surface area (Å²) in [5.41, 5.74) is 2.10. The molecule has 1 amide bonds.